The predicted molar refractivity (Wildman–Crippen MR) is 72.0 cm³/mol. The van der Waals surface area contributed by atoms with E-state index in [4.69, 9.17) is 0 Å². The molecule has 5 heteroatoms. The Bertz CT molecular complexity index is 544. The van der Waals surface area contributed by atoms with Gasteiger partial charge in [-0.25, -0.2) is 9.18 Å². The largest absolute Gasteiger partial charge is 0.480 e. The van der Waals surface area contributed by atoms with Gasteiger partial charge in [-0.3, -0.25) is 4.79 Å². The van der Waals surface area contributed by atoms with Gasteiger partial charge in [0.05, 0.1) is 0 Å². The van der Waals surface area contributed by atoms with Crippen molar-refractivity contribution in [2.45, 2.75) is 32.7 Å². The normalized spacial score (nSPS) is 22.6. The summed E-state index contributed by atoms with van der Waals surface area (Å²) in [5.41, 5.74) is 0.893. The number of piperidine rings is 1. The van der Waals surface area contributed by atoms with Crippen LogP contribution >= 0.6 is 0 Å². The third kappa shape index (κ3) is 2.66. The third-order valence-corrected chi connectivity index (χ3v) is 3.88. The molecule has 1 N–H and O–H groups in total. The lowest BCUT2D eigenvalue weighted by Gasteiger charge is -2.37. The number of amides is 1. The topological polar surface area (TPSA) is 57.6 Å². The zero-order valence-corrected chi connectivity index (χ0v) is 11.6. The molecule has 0 spiro atoms. The first-order valence-electron chi connectivity index (χ1n) is 6.71. The zero-order chi connectivity index (χ0) is 14.9. The maximum atomic E-state index is 13.3. The van der Waals surface area contributed by atoms with Crippen LogP contribution in [-0.2, 0) is 4.79 Å². The molecule has 2 rings (SSSR count). The molecule has 1 aliphatic heterocycles. The van der Waals surface area contributed by atoms with Crippen LogP contribution in [0.25, 0.3) is 0 Å². The fraction of sp³-hybridized carbons (Fsp3) is 0.467. The first-order chi connectivity index (χ1) is 9.41. The summed E-state index contributed by atoms with van der Waals surface area (Å²) < 4.78 is 13.3. The van der Waals surface area contributed by atoms with E-state index in [0.717, 1.165) is 12.8 Å². The van der Waals surface area contributed by atoms with E-state index in [0.29, 0.717) is 12.1 Å². The highest BCUT2D eigenvalue weighted by Crippen LogP contribution is 2.26. The summed E-state index contributed by atoms with van der Waals surface area (Å²) in [7, 11) is 0. The molecule has 1 saturated heterocycles. The smallest absolute Gasteiger partial charge is 0.326 e. The second-order valence-corrected chi connectivity index (χ2v) is 5.36. The van der Waals surface area contributed by atoms with E-state index >= 15 is 0 Å². The van der Waals surface area contributed by atoms with Gasteiger partial charge in [0.1, 0.15) is 11.9 Å². The standard InChI is InChI=1S/C15H18FNO3/c1-9-5-6-11(16)8-12(9)14(18)17-7-3-4-10(2)13(17)15(19)20/h5-6,8,10,13H,3-4,7H2,1-2H3,(H,19,20). The Hall–Kier alpha value is -1.91. The van der Waals surface area contributed by atoms with Crippen molar-refractivity contribution in [3.05, 3.63) is 35.1 Å². The molecule has 0 radical (unpaired) electrons. The second kappa shape index (κ2) is 5.61. The number of nitrogens with zero attached hydrogens (tertiary/aromatic N) is 1. The van der Waals surface area contributed by atoms with E-state index in [-0.39, 0.29) is 11.5 Å². The predicted octanol–water partition coefficient (Wildman–Crippen LogP) is 2.46. The first kappa shape index (κ1) is 14.5. The number of halogens is 1. The lowest BCUT2D eigenvalue weighted by atomic mass is 9.90. The minimum Gasteiger partial charge on any atom is -0.480 e. The summed E-state index contributed by atoms with van der Waals surface area (Å²) in [6.45, 7) is 3.95. The molecule has 2 unspecified atom stereocenters. The van der Waals surface area contributed by atoms with Gasteiger partial charge in [-0.2, -0.15) is 0 Å². The van der Waals surface area contributed by atoms with Crippen molar-refractivity contribution in [2.24, 2.45) is 5.92 Å². The van der Waals surface area contributed by atoms with Crippen LogP contribution in [-0.4, -0.2) is 34.5 Å². The Labute approximate surface area is 117 Å². The van der Waals surface area contributed by atoms with Gasteiger partial charge in [-0.05, 0) is 43.4 Å². The van der Waals surface area contributed by atoms with Crippen molar-refractivity contribution < 1.29 is 19.1 Å². The maximum absolute atomic E-state index is 13.3. The molecule has 4 nitrogen and oxygen atoms in total. The highest BCUT2D eigenvalue weighted by atomic mass is 19.1. The summed E-state index contributed by atoms with van der Waals surface area (Å²) >= 11 is 0. The van der Waals surface area contributed by atoms with E-state index in [1.165, 1.54) is 23.1 Å². The molecule has 2 atom stereocenters. The molecular weight excluding hydrogens is 261 g/mol. The molecule has 0 aliphatic carbocycles. The Morgan fingerprint density at radius 3 is 2.75 bits per heavy atom. The van der Waals surface area contributed by atoms with Crippen LogP contribution in [0.2, 0.25) is 0 Å². The molecule has 1 fully saturated rings. The molecule has 1 heterocycles. The van der Waals surface area contributed by atoms with Crippen LogP contribution in [0.4, 0.5) is 4.39 Å². The summed E-state index contributed by atoms with van der Waals surface area (Å²) in [6.07, 6.45) is 1.55. The molecule has 0 bridgehead atoms. The summed E-state index contributed by atoms with van der Waals surface area (Å²) in [5, 5.41) is 9.33. The van der Waals surface area contributed by atoms with Crippen molar-refractivity contribution in [1.82, 2.24) is 4.90 Å². The maximum Gasteiger partial charge on any atom is 0.326 e. The number of hydrogen-bond donors (Lipinski definition) is 1. The van der Waals surface area contributed by atoms with Gasteiger partial charge in [0.25, 0.3) is 5.91 Å². The van der Waals surface area contributed by atoms with Crippen LogP contribution in [0.1, 0.15) is 35.7 Å². The molecular formula is C15H18FNO3. The zero-order valence-electron chi connectivity index (χ0n) is 11.6. The highest BCUT2D eigenvalue weighted by molar-refractivity contribution is 5.98. The number of carboxylic acids is 1. The van der Waals surface area contributed by atoms with Gasteiger partial charge < -0.3 is 10.0 Å². The monoisotopic (exact) mass is 279 g/mol. The fourth-order valence-electron chi connectivity index (χ4n) is 2.77. The van der Waals surface area contributed by atoms with Crippen molar-refractivity contribution in [1.29, 1.82) is 0 Å². The van der Waals surface area contributed by atoms with Crippen molar-refractivity contribution in [2.75, 3.05) is 6.54 Å². The Kier molecular flexibility index (Phi) is 4.06. The van der Waals surface area contributed by atoms with Gasteiger partial charge >= 0.3 is 5.97 Å². The minimum absolute atomic E-state index is 0.0981. The number of hydrogen-bond acceptors (Lipinski definition) is 2. The average molecular weight is 279 g/mol. The molecule has 1 aliphatic rings. The minimum atomic E-state index is -1.00. The summed E-state index contributed by atoms with van der Waals surface area (Å²) in [5.74, 6) is -1.99. The number of aryl methyl sites for hydroxylation is 1. The van der Waals surface area contributed by atoms with Crippen LogP contribution in [0.15, 0.2) is 18.2 Å². The number of likely N-dealkylation sites (tertiary alicyclic amines) is 1. The number of rotatable bonds is 2. The van der Waals surface area contributed by atoms with Crippen molar-refractivity contribution in [3.8, 4) is 0 Å². The van der Waals surface area contributed by atoms with Crippen LogP contribution < -0.4 is 0 Å². The van der Waals surface area contributed by atoms with Crippen LogP contribution in [0.5, 0.6) is 0 Å². The van der Waals surface area contributed by atoms with Gasteiger partial charge in [-0.1, -0.05) is 13.0 Å². The number of carboxylic acid groups (broad SMARTS) is 1. The van der Waals surface area contributed by atoms with E-state index in [9.17, 15) is 19.1 Å². The summed E-state index contributed by atoms with van der Waals surface area (Å²) in [4.78, 5) is 25.3. The quantitative estimate of drug-likeness (QED) is 0.904. The molecule has 1 amide bonds. The molecule has 20 heavy (non-hydrogen) atoms. The molecule has 1 aromatic rings. The van der Waals surface area contributed by atoms with Gasteiger partial charge in [0.2, 0.25) is 0 Å². The lowest BCUT2D eigenvalue weighted by molar-refractivity contribution is -0.145. The Morgan fingerprint density at radius 1 is 1.40 bits per heavy atom. The molecule has 108 valence electrons. The number of carbonyl (C=O) groups is 2. The Balaban J connectivity index is 2.35. The second-order valence-electron chi connectivity index (χ2n) is 5.36. The first-order valence-corrected chi connectivity index (χ1v) is 6.71. The van der Waals surface area contributed by atoms with E-state index < -0.39 is 23.7 Å². The van der Waals surface area contributed by atoms with Gasteiger partial charge in [-0.15, -0.1) is 0 Å². The molecule has 1 aromatic carbocycles. The van der Waals surface area contributed by atoms with Crippen LogP contribution in [0.3, 0.4) is 0 Å². The fourth-order valence-corrected chi connectivity index (χ4v) is 2.77. The lowest BCUT2D eigenvalue weighted by Crippen LogP contribution is -2.52. The number of benzene rings is 1. The van der Waals surface area contributed by atoms with E-state index in [1.807, 2.05) is 6.92 Å². The number of carbonyl (C=O) groups excluding carboxylic acids is 1. The average Bonchev–Trinajstić information content (AvgIpc) is 2.40. The molecule has 0 saturated carbocycles. The van der Waals surface area contributed by atoms with Crippen molar-refractivity contribution >= 4 is 11.9 Å². The van der Waals surface area contributed by atoms with Gasteiger partial charge in [0.15, 0.2) is 0 Å². The highest BCUT2D eigenvalue weighted by Gasteiger charge is 2.37. The van der Waals surface area contributed by atoms with Gasteiger partial charge in [0, 0.05) is 12.1 Å². The summed E-state index contributed by atoms with van der Waals surface area (Å²) in [6, 6.07) is 3.17. The third-order valence-electron chi connectivity index (χ3n) is 3.88. The van der Waals surface area contributed by atoms with Crippen LogP contribution in [0, 0.1) is 18.7 Å². The van der Waals surface area contributed by atoms with Crippen molar-refractivity contribution in [3.63, 3.8) is 0 Å². The molecule has 0 aromatic heterocycles. The Morgan fingerprint density at radius 2 is 2.10 bits per heavy atom. The van der Waals surface area contributed by atoms with E-state index in [1.54, 1.807) is 6.92 Å². The van der Waals surface area contributed by atoms with E-state index in [2.05, 4.69) is 0 Å². The number of aliphatic carboxylic acids is 1. The SMILES string of the molecule is Cc1ccc(F)cc1C(=O)N1CCCC(C)C1C(=O)O.